The van der Waals surface area contributed by atoms with Crippen molar-refractivity contribution in [1.29, 1.82) is 0 Å². The summed E-state index contributed by atoms with van der Waals surface area (Å²) in [5, 5.41) is 8.39. The molecule has 0 bridgehead atoms. The molecule has 212 valence electrons. The number of guanidine groups is 1. The second kappa shape index (κ2) is 16.1. The molecule has 4 amide bonds. The van der Waals surface area contributed by atoms with E-state index in [1.54, 1.807) is 0 Å². The quantitative estimate of drug-likeness (QED) is 0.0947. The molecule has 4 atom stereocenters. The summed E-state index contributed by atoms with van der Waals surface area (Å²) in [6.07, 6.45) is 2.84. The Morgan fingerprint density at radius 3 is 2.16 bits per heavy atom. The molecule has 0 aromatic carbocycles. The van der Waals surface area contributed by atoms with Crippen LogP contribution in [0.1, 0.15) is 73.1 Å². The largest absolute Gasteiger partial charge is 0.370 e. The lowest BCUT2D eigenvalue weighted by Crippen LogP contribution is -2.58. The summed E-state index contributed by atoms with van der Waals surface area (Å²) in [5.74, 6) is -1.13. The number of aliphatic imine (C=N–C) groups is 1. The van der Waals surface area contributed by atoms with E-state index in [4.69, 9.17) is 17.2 Å². The molecule has 0 radical (unpaired) electrons. The minimum atomic E-state index is -0.896. The zero-order valence-corrected chi connectivity index (χ0v) is 23.1. The number of carbonyl (C=O) groups is 4. The molecule has 1 saturated heterocycles. The molecule has 37 heavy (non-hydrogen) atoms. The number of hydrogen-bond acceptors (Lipinski definition) is 6. The van der Waals surface area contributed by atoms with Crippen molar-refractivity contribution in [3.05, 3.63) is 0 Å². The predicted molar refractivity (Wildman–Crippen MR) is 144 cm³/mol. The molecule has 1 fully saturated rings. The van der Waals surface area contributed by atoms with Crippen LogP contribution in [0.15, 0.2) is 4.99 Å². The molecule has 0 aromatic rings. The fourth-order valence-corrected chi connectivity index (χ4v) is 4.43. The Morgan fingerprint density at radius 1 is 0.973 bits per heavy atom. The average Bonchev–Trinajstić information content (AvgIpc) is 3.29. The van der Waals surface area contributed by atoms with Gasteiger partial charge < -0.3 is 38.1 Å². The third-order valence-corrected chi connectivity index (χ3v) is 6.15. The topological polar surface area (TPSA) is 198 Å². The first-order valence-electron chi connectivity index (χ1n) is 13.4. The molecule has 0 spiro atoms. The Balaban J connectivity index is 3.07. The summed E-state index contributed by atoms with van der Waals surface area (Å²) in [6.45, 7) is 10.8. The normalized spacial score (nSPS) is 17.7. The lowest BCUT2D eigenvalue weighted by molar-refractivity contribution is -0.142. The molecule has 0 aliphatic carbocycles. The van der Waals surface area contributed by atoms with Crippen LogP contribution in [0.3, 0.4) is 0 Å². The van der Waals surface area contributed by atoms with Crippen molar-refractivity contribution in [3.63, 3.8) is 0 Å². The van der Waals surface area contributed by atoms with Crippen LogP contribution in [-0.4, -0.2) is 78.3 Å². The van der Waals surface area contributed by atoms with Crippen LogP contribution in [0, 0.1) is 11.8 Å². The van der Waals surface area contributed by atoms with Gasteiger partial charge in [0.05, 0.1) is 6.04 Å². The Bertz CT molecular complexity index is 798. The molecule has 0 unspecified atom stereocenters. The van der Waals surface area contributed by atoms with E-state index in [1.807, 2.05) is 34.6 Å². The van der Waals surface area contributed by atoms with Gasteiger partial charge in [0.15, 0.2) is 5.96 Å². The van der Waals surface area contributed by atoms with Gasteiger partial charge in [-0.05, 0) is 57.3 Å². The highest BCUT2D eigenvalue weighted by Crippen LogP contribution is 2.20. The fourth-order valence-electron chi connectivity index (χ4n) is 4.43. The van der Waals surface area contributed by atoms with Crippen LogP contribution in [0.5, 0.6) is 0 Å². The van der Waals surface area contributed by atoms with E-state index in [0.717, 1.165) is 0 Å². The Morgan fingerprint density at radius 2 is 1.59 bits per heavy atom. The molecule has 12 heteroatoms. The van der Waals surface area contributed by atoms with Gasteiger partial charge >= 0.3 is 0 Å². The number of likely N-dealkylation sites (tertiary alicyclic amines) is 1. The lowest BCUT2D eigenvalue weighted by Gasteiger charge is -2.30. The van der Waals surface area contributed by atoms with Gasteiger partial charge in [0.1, 0.15) is 18.1 Å². The van der Waals surface area contributed by atoms with Crippen LogP contribution in [0.2, 0.25) is 0 Å². The molecule has 0 saturated carbocycles. The first kappa shape index (κ1) is 32.1. The van der Waals surface area contributed by atoms with Gasteiger partial charge in [-0.1, -0.05) is 27.7 Å². The Kier molecular flexibility index (Phi) is 13.9. The van der Waals surface area contributed by atoms with E-state index in [0.29, 0.717) is 45.2 Å². The van der Waals surface area contributed by atoms with Gasteiger partial charge in [0.2, 0.25) is 23.6 Å². The van der Waals surface area contributed by atoms with Crippen LogP contribution in [0.4, 0.5) is 0 Å². The highest BCUT2D eigenvalue weighted by atomic mass is 16.2. The Hall–Kier alpha value is -2.89. The molecule has 1 aliphatic rings. The second-order valence-corrected chi connectivity index (χ2v) is 10.5. The number of nitrogens with one attached hydrogen (secondary N) is 3. The number of nitrogens with two attached hydrogens (primary N) is 3. The van der Waals surface area contributed by atoms with Crippen molar-refractivity contribution in [2.45, 2.75) is 97.3 Å². The number of nitrogens with zero attached hydrogens (tertiary/aromatic N) is 2. The summed E-state index contributed by atoms with van der Waals surface area (Å²) in [7, 11) is 0. The van der Waals surface area contributed by atoms with Crippen molar-refractivity contribution in [2.24, 2.45) is 34.0 Å². The van der Waals surface area contributed by atoms with E-state index < -0.39 is 36.0 Å². The number of likely N-dealkylation sites (N-methyl/N-ethyl adjacent to an activating group) is 1. The summed E-state index contributed by atoms with van der Waals surface area (Å²) >= 11 is 0. The van der Waals surface area contributed by atoms with Crippen molar-refractivity contribution in [2.75, 3.05) is 19.6 Å². The van der Waals surface area contributed by atoms with E-state index in [2.05, 4.69) is 20.9 Å². The van der Waals surface area contributed by atoms with Gasteiger partial charge in [-0.25, -0.2) is 0 Å². The molecule has 1 rings (SSSR count). The molecular formula is C25H48N8O4. The highest BCUT2D eigenvalue weighted by Gasteiger charge is 2.38. The smallest absolute Gasteiger partial charge is 0.245 e. The third kappa shape index (κ3) is 11.4. The van der Waals surface area contributed by atoms with Gasteiger partial charge in [-0.2, -0.15) is 0 Å². The molecule has 0 aromatic heterocycles. The van der Waals surface area contributed by atoms with Crippen LogP contribution >= 0.6 is 0 Å². The van der Waals surface area contributed by atoms with E-state index in [1.165, 1.54) is 4.90 Å². The fraction of sp³-hybridized carbons (Fsp3) is 0.800. The van der Waals surface area contributed by atoms with Gasteiger partial charge in [-0.15, -0.1) is 0 Å². The summed E-state index contributed by atoms with van der Waals surface area (Å²) in [5.41, 5.74) is 16.8. The molecule has 9 N–H and O–H groups in total. The highest BCUT2D eigenvalue weighted by molar-refractivity contribution is 5.95. The molecule has 1 heterocycles. The first-order valence-corrected chi connectivity index (χ1v) is 13.4. The van der Waals surface area contributed by atoms with E-state index >= 15 is 0 Å². The predicted octanol–water partition coefficient (Wildman–Crippen LogP) is -0.444. The lowest BCUT2D eigenvalue weighted by atomic mass is 10.00. The van der Waals surface area contributed by atoms with Crippen molar-refractivity contribution in [3.8, 4) is 0 Å². The van der Waals surface area contributed by atoms with Crippen LogP contribution in [0.25, 0.3) is 0 Å². The van der Waals surface area contributed by atoms with Gasteiger partial charge in [-0.3, -0.25) is 24.2 Å². The maximum atomic E-state index is 13.6. The average molecular weight is 525 g/mol. The Labute approximate surface area is 220 Å². The van der Waals surface area contributed by atoms with E-state index in [-0.39, 0.29) is 42.6 Å². The number of amides is 4. The number of carbonyl (C=O) groups excluding carboxylic acids is 4. The van der Waals surface area contributed by atoms with Gasteiger partial charge in [0.25, 0.3) is 0 Å². The summed E-state index contributed by atoms with van der Waals surface area (Å²) in [6, 6.07) is -3.06. The summed E-state index contributed by atoms with van der Waals surface area (Å²) in [4.78, 5) is 57.6. The van der Waals surface area contributed by atoms with Crippen molar-refractivity contribution < 1.29 is 19.2 Å². The molecular weight excluding hydrogens is 476 g/mol. The number of rotatable bonds is 15. The van der Waals surface area contributed by atoms with Crippen LogP contribution < -0.4 is 33.2 Å². The SMILES string of the molecule is CCNC(=O)[C@@H]1CCCN1C(=O)[C@H](CCCN=C(N)N)NC(=O)[C@H](CC(C)C)NC(=O)[C@@H](N)CC(C)C. The van der Waals surface area contributed by atoms with Crippen LogP contribution in [-0.2, 0) is 19.2 Å². The first-order chi connectivity index (χ1) is 17.4. The second-order valence-electron chi connectivity index (χ2n) is 10.5. The molecule has 12 nitrogen and oxygen atoms in total. The zero-order valence-electron chi connectivity index (χ0n) is 23.1. The molecule has 1 aliphatic heterocycles. The third-order valence-electron chi connectivity index (χ3n) is 6.15. The maximum Gasteiger partial charge on any atom is 0.245 e. The van der Waals surface area contributed by atoms with E-state index in [9.17, 15) is 19.2 Å². The zero-order chi connectivity index (χ0) is 28.1. The summed E-state index contributed by atoms with van der Waals surface area (Å²) < 4.78 is 0. The standard InChI is InChI=1S/C25H48N8O4/c1-6-29-23(36)20-10-8-12-33(20)24(37)18(9-7-11-30-25(27)28)31-22(35)19(14-16(4)5)32-21(34)17(26)13-15(2)3/h15-20H,6-14,26H2,1-5H3,(H,29,36)(H,31,35)(H,32,34)(H4,27,28,30)/t17-,18-,19-,20-/m0/s1. The van der Waals surface area contributed by atoms with Gasteiger partial charge in [0, 0.05) is 19.6 Å². The monoisotopic (exact) mass is 524 g/mol. The van der Waals surface area contributed by atoms with Crippen molar-refractivity contribution in [1.82, 2.24) is 20.9 Å². The number of hydrogen-bond donors (Lipinski definition) is 6. The minimum absolute atomic E-state index is 0.0554. The maximum absolute atomic E-state index is 13.6. The van der Waals surface area contributed by atoms with Crippen molar-refractivity contribution >= 4 is 29.6 Å². The minimum Gasteiger partial charge on any atom is -0.370 e.